The molecule has 15 heavy (non-hydrogen) atoms. The number of rotatable bonds is 5. The summed E-state index contributed by atoms with van der Waals surface area (Å²) in [5.74, 6) is 0. The van der Waals surface area contributed by atoms with Gasteiger partial charge in [0.15, 0.2) is 0 Å². The highest BCUT2D eigenvalue weighted by Crippen LogP contribution is 2.19. The summed E-state index contributed by atoms with van der Waals surface area (Å²) in [6, 6.07) is 8.98. The topological polar surface area (TPSA) is 37.3 Å². The number of hydrogen-bond donors (Lipinski definition) is 1. The van der Waals surface area contributed by atoms with Crippen LogP contribution in [0.3, 0.4) is 0 Å². The molecular formula is C11H15ClO2S. The van der Waals surface area contributed by atoms with Gasteiger partial charge < -0.3 is 5.11 Å². The van der Waals surface area contributed by atoms with Gasteiger partial charge in [-0.25, -0.2) is 0 Å². The molecule has 2 nitrogen and oxygen atoms in total. The molecule has 4 heteroatoms. The first-order valence-corrected chi connectivity index (χ1v) is 6.59. The minimum absolute atomic E-state index is 0.576. The van der Waals surface area contributed by atoms with Crippen molar-refractivity contribution in [2.24, 2.45) is 0 Å². The highest BCUT2D eigenvalue weighted by atomic mass is 35.5. The number of alkyl halides is 1. The number of halogens is 1. The minimum Gasteiger partial charge on any atom is -0.391 e. The van der Waals surface area contributed by atoms with E-state index >= 15 is 0 Å². The van der Waals surface area contributed by atoms with Gasteiger partial charge in [-0.05, 0) is 18.6 Å². The van der Waals surface area contributed by atoms with Crippen LogP contribution in [-0.4, -0.2) is 20.1 Å². The highest BCUT2D eigenvalue weighted by Gasteiger charge is 2.23. The number of hydrogen-bond acceptors (Lipinski definition) is 2. The van der Waals surface area contributed by atoms with E-state index in [0.29, 0.717) is 11.3 Å². The molecule has 0 fully saturated rings. The van der Waals surface area contributed by atoms with E-state index in [1.165, 1.54) is 0 Å². The summed E-state index contributed by atoms with van der Waals surface area (Å²) in [7, 11) is -1.34. The predicted octanol–water partition coefficient (Wildman–Crippen LogP) is 2.52. The monoisotopic (exact) mass is 246 g/mol. The van der Waals surface area contributed by atoms with Gasteiger partial charge in [-0.15, -0.1) is 11.6 Å². The van der Waals surface area contributed by atoms with E-state index in [1.54, 1.807) is 12.1 Å². The molecule has 0 saturated heterocycles. The van der Waals surface area contributed by atoms with Crippen molar-refractivity contribution in [3.05, 3.63) is 30.3 Å². The summed E-state index contributed by atoms with van der Waals surface area (Å²) < 4.78 is 11.2. The summed E-state index contributed by atoms with van der Waals surface area (Å²) in [4.78, 5) is 0.660. The zero-order valence-corrected chi connectivity index (χ0v) is 10.2. The first kappa shape index (κ1) is 12.7. The van der Waals surface area contributed by atoms with Crippen molar-refractivity contribution in [1.82, 2.24) is 0 Å². The second-order valence-electron chi connectivity index (χ2n) is 3.32. The molecule has 3 unspecified atom stereocenters. The Morgan fingerprint density at radius 1 is 1.40 bits per heavy atom. The molecular weight excluding hydrogens is 232 g/mol. The average molecular weight is 247 g/mol. The van der Waals surface area contributed by atoms with Crippen LogP contribution in [0.5, 0.6) is 0 Å². The largest absolute Gasteiger partial charge is 0.391 e. The molecule has 0 aliphatic carbocycles. The van der Waals surface area contributed by atoms with E-state index in [0.717, 1.165) is 6.42 Å². The third-order valence-electron chi connectivity index (χ3n) is 2.07. The molecule has 0 spiro atoms. The van der Waals surface area contributed by atoms with Gasteiger partial charge in [0.25, 0.3) is 0 Å². The second-order valence-corrected chi connectivity index (χ2v) is 5.62. The van der Waals surface area contributed by atoms with Crippen molar-refractivity contribution in [2.75, 3.05) is 0 Å². The molecule has 0 aliphatic heterocycles. The average Bonchev–Trinajstić information content (AvgIpc) is 2.28. The second kappa shape index (κ2) is 6.26. The molecule has 84 valence electrons. The lowest BCUT2D eigenvalue weighted by atomic mass is 10.2. The maximum absolute atomic E-state index is 11.9. The first-order valence-electron chi connectivity index (χ1n) is 4.94. The molecule has 1 rings (SSSR count). The smallest absolute Gasteiger partial charge is 0.139 e. The van der Waals surface area contributed by atoms with Crippen LogP contribution in [0, 0.1) is 0 Å². The molecule has 3 atom stereocenters. The molecule has 0 aromatic heterocycles. The summed E-state index contributed by atoms with van der Waals surface area (Å²) >= 11 is 5.94. The van der Waals surface area contributed by atoms with Crippen LogP contribution in [0.25, 0.3) is 0 Å². The zero-order chi connectivity index (χ0) is 11.3. The Kier molecular flexibility index (Phi) is 5.29. The fourth-order valence-corrected chi connectivity index (χ4v) is 2.80. The lowest BCUT2D eigenvalue weighted by molar-refractivity contribution is 0.178. The normalized spacial score (nSPS) is 17.0. The van der Waals surface area contributed by atoms with Crippen LogP contribution < -0.4 is 0 Å². The Morgan fingerprint density at radius 3 is 2.53 bits per heavy atom. The predicted molar refractivity (Wildman–Crippen MR) is 63.4 cm³/mol. The Morgan fingerprint density at radius 2 is 2.00 bits per heavy atom. The van der Waals surface area contributed by atoms with E-state index in [4.69, 9.17) is 11.6 Å². The molecule has 0 radical (unpaired) electrons. The molecule has 1 N–H and O–H groups in total. The zero-order valence-electron chi connectivity index (χ0n) is 8.60. The van der Waals surface area contributed by atoms with Crippen LogP contribution in [0.4, 0.5) is 0 Å². The van der Waals surface area contributed by atoms with Crippen molar-refractivity contribution in [1.29, 1.82) is 0 Å². The Labute approximate surface area is 97.7 Å². The van der Waals surface area contributed by atoms with Gasteiger partial charge >= 0.3 is 0 Å². The Hall–Kier alpha value is -0.380. The van der Waals surface area contributed by atoms with Crippen molar-refractivity contribution in [3.8, 4) is 0 Å². The van der Waals surface area contributed by atoms with E-state index in [-0.39, 0.29) is 0 Å². The standard InChI is InChI=1S/C11H15ClO2S/c1-2-6-10(13)11(12)15(14)9-7-4-3-5-8-9/h3-5,7-8,10-11,13H,2,6H2,1H3. The summed E-state index contributed by atoms with van der Waals surface area (Å²) in [5.41, 5.74) is 0. The maximum atomic E-state index is 11.9. The van der Waals surface area contributed by atoms with Crippen LogP contribution in [0.1, 0.15) is 19.8 Å². The maximum Gasteiger partial charge on any atom is 0.139 e. The van der Waals surface area contributed by atoms with Gasteiger partial charge in [0.05, 0.1) is 16.9 Å². The Bertz CT molecular complexity index is 316. The SMILES string of the molecule is CCCC(O)C(Cl)S(=O)c1ccccc1. The van der Waals surface area contributed by atoms with Crippen LogP contribution in [0.2, 0.25) is 0 Å². The molecule has 0 amide bonds. The third kappa shape index (κ3) is 3.59. The highest BCUT2D eigenvalue weighted by molar-refractivity contribution is 7.87. The molecule has 0 bridgehead atoms. The summed E-state index contributed by atoms with van der Waals surface area (Å²) in [6.07, 6.45) is 0.695. The molecule has 0 aliphatic rings. The minimum atomic E-state index is -1.34. The summed E-state index contributed by atoms with van der Waals surface area (Å²) in [6.45, 7) is 1.96. The van der Waals surface area contributed by atoms with Gasteiger partial charge in [-0.3, -0.25) is 4.21 Å². The van der Waals surface area contributed by atoms with Gasteiger partial charge in [-0.1, -0.05) is 31.5 Å². The van der Waals surface area contributed by atoms with E-state index in [9.17, 15) is 9.32 Å². The third-order valence-corrected chi connectivity index (χ3v) is 4.30. The molecule has 0 saturated carbocycles. The van der Waals surface area contributed by atoms with E-state index in [1.807, 2.05) is 25.1 Å². The van der Waals surface area contributed by atoms with Crippen LogP contribution in [0.15, 0.2) is 35.2 Å². The van der Waals surface area contributed by atoms with Crippen LogP contribution in [-0.2, 0) is 10.8 Å². The van der Waals surface area contributed by atoms with E-state index in [2.05, 4.69) is 0 Å². The number of aliphatic hydroxyl groups is 1. The molecule has 1 aromatic rings. The van der Waals surface area contributed by atoms with E-state index < -0.39 is 21.6 Å². The van der Waals surface area contributed by atoms with Crippen molar-refractivity contribution >= 4 is 22.4 Å². The first-order chi connectivity index (χ1) is 7.16. The molecule has 1 aromatic carbocycles. The van der Waals surface area contributed by atoms with Crippen molar-refractivity contribution in [2.45, 2.75) is 35.5 Å². The molecule has 0 heterocycles. The quantitative estimate of drug-likeness (QED) is 0.811. The Balaban J connectivity index is 2.69. The van der Waals surface area contributed by atoms with Gasteiger partial charge in [0, 0.05) is 4.90 Å². The van der Waals surface area contributed by atoms with Crippen molar-refractivity contribution < 1.29 is 9.32 Å². The van der Waals surface area contributed by atoms with Gasteiger partial charge in [-0.2, -0.15) is 0 Å². The van der Waals surface area contributed by atoms with Gasteiger partial charge in [0.2, 0.25) is 0 Å². The number of benzene rings is 1. The fourth-order valence-electron chi connectivity index (χ4n) is 1.25. The fraction of sp³-hybridized carbons (Fsp3) is 0.455. The number of aliphatic hydroxyl groups excluding tert-OH is 1. The van der Waals surface area contributed by atoms with Crippen LogP contribution >= 0.6 is 11.6 Å². The van der Waals surface area contributed by atoms with Crippen molar-refractivity contribution in [3.63, 3.8) is 0 Å². The summed E-state index contributed by atoms with van der Waals surface area (Å²) in [5, 5.41) is 9.62. The van der Waals surface area contributed by atoms with Gasteiger partial charge in [0.1, 0.15) is 4.71 Å². The lowest BCUT2D eigenvalue weighted by Crippen LogP contribution is -2.25. The lowest BCUT2D eigenvalue weighted by Gasteiger charge is -2.15.